The van der Waals surface area contributed by atoms with Gasteiger partial charge in [-0.15, -0.1) is 0 Å². The van der Waals surface area contributed by atoms with Crippen molar-refractivity contribution in [2.45, 2.75) is 0 Å². The number of anilines is 5. The smallest absolute Gasteiger partial charge is 0.323 e. The van der Waals surface area contributed by atoms with Gasteiger partial charge in [0.1, 0.15) is 11.7 Å². The zero-order valence-corrected chi connectivity index (χ0v) is 20.8. The lowest BCUT2D eigenvalue weighted by Gasteiger charge is -2.14. The number of rotatable bonds is 6. The van der Waals surface area contributed by atoms with E-state index in [1.807, 2.05) is 48.5 Å². The summed E-state index contributed by atoms with van der Waals surface area (Å²) in [6.45, 7) is 3.28. The Labute approximate surface area is 219 Å². The van der Waals surface area contributed by atoms with Gasteiger partial charge in [0, 0.05) is 52.7 Å². The number of amides is 2. The molecule has 0 fully saturated rings. The molecule has 0 saturated heterocycles. The number of carbonyl (C=O) groups is 1. The van der Waals surface area contributed by atoms with Crippen LogP contribution in [0.2, 0.25) is 0 Å². The van der Waals surface area contributed by atoms with Crippen molar-refractivity contribution in [1.82, 2.24) is 10.6 Å². The summed E-state index contributed by atoms with van der Waals surface area (Å²) in [5, 5.41) is 18.8. The van der Waals surface area contributed by atoms with Gasteiger partial charge in [0.25, 0.3) is 0 Å². The SMILES string of the molecule is Nc1cc(NC(=O)Nc2ccc(C3=NCCN3)cc2)cc(NC(=S)Nc2ccc(C3=NCCN3)cc2)c1. The normalized spacial score (nSPS) is 14.1. The van der Waals surface area contributed by atoms with Gasteiger partial charge in [-0.25, -0.2) is 4.79 Å². The minimum absolute atomic E-state index is 0.386. The summed E-state index contributed by atoms with van der Waals surface area (Å²) in [5.74, 6) is 1.78. The molecule has 2 aliphatic heterocycles. The summed E-state index contributed by atoms with van der Waals surface area (Å²) in [7, 11) is 0. The van der Waals surface area contributed by atoms with E-state index in [1.54, 1.807) is 18.2 Å². The lowest BCUT2D eigenvalue weighted by atomic mass is 10.2. The Morgan fingerprint density at radius 2 is 1.16 bits per heavy atom. The number of hydrogen-bond donors (Lipinski definition) is 7. The van der Waals surface area contributed by atoms with E-state index < -0.39 is 0 Å². The molecule has 0 saturated carbocycles. The predicted molar refractivity (Wildman–Crippen MR) is 155 cm³/mol. The highest BCUT2D eigenvalue weighted by Crippen LogP contribution is 2.22. The first kappa shape index (κ1) is 24.1. The van der Waals surface area contributed by atoms with Gasteiger partial charge in [0.2, 0.25) is 0 Å². The Hall–Kier alpha value is -4.64. The summed E-state index contributed by atoms with van der Waals surface area (Å²) < 4.78 is 0. The number of hydrogen-bond acceptors (Lipinski definition) is 7. The van der Waals surface area contributed by atoms with E-state index >= 15 is 0 Å². The monoisotopic (exact) mass is 513 g/mol. The molecule has 5 rings (SSSR count). The van der Waals surface area contributed by atoms with E-state index in [-0.39, 0.29) is 6.03 Å². The summed E-state index contributed by atoms with van der Waals surface area (Å²) in [5.41, 5.74) is 11.2. The molecule has 0 bridgehead atoms. The van der Waals surface area contributed by atoms with E-state index in [2.05, 4.69) is 41.9 Å². The van der Waals surface area contributed by atoms with E-state index in [0.29, 0.717) is 27.9 Å². The standard InChI is InChI=1S/C26H27N9OS/c27-18-13-21(33-25(36)32-19-5-1-16(2-6-19)23-28-9-10-29-23)15-22(14-18)35-26(37)34-20-7-3-17(4-8-20)24-30-11-12-31-24/h1-8,13-15H,9-12,27H2,(H,28,29)(H,30,31)(H2,32,33,36)(H2,34,35,37). The van der Waals surface area contributed by atoms with Gasteiger partial charge in [-0.05, 0) is 78.9 Å². The van der Waals surface area contributed by atoms with Crippen LogP contribution in [0.5, 0.6) is 0 Å². The summed E-state index contributed by atoms with van der Waals surface area (Å²) in [4.78, 5) is 21.4. The zero-order valence-electron chi connectivity index (χ0n) is 20.0. The van der Waals surface area contributed by atoms with Crippen molar-refractivity contribution in [1.29, 1.82) is 0 Å². The second-order valence-corrected chi connectivity index (χ2v) is 8.88. The molecule has 0 unspecified atom stereocenters. The van der Waals surface area contributed by atoms with Crippen molar-refractivity contribution >= 4 is 63.5 Å². The van der Waals surface area contributed by atoms with Crippen molar-refractivity contribution < 1.29 is 4.79 Å². The van der Waals surface area contributed by atoms with E-state index in [0.717, 1.165) is 54.7 Å². The molecule has 8 N–H and O–H groups in total. The fourth-order valence-corrected chi connectivity index (χ4v) is 4.22. The van der Waals surface area contributed by atoms with Crippen molar-refractivity contribution in [3.05, 3.63) is 77.9 Å². The number of thiocarbonyl (C=S) groups is 1. The Balaban J connectivity index is 1.16. The molecule has 0 radical (unpaired) electrons. The second kappa shape index (κ2) is 11.0. The minimum Gasteiger partial charge on any atom is -0.399 e. The molecular formula is C26H27N9OS. The lowest BCUT2D eigenvalue weighted by molar-refractivity contribution is 0.262. The first-order valence-electron chi connectivity index (χ1n) is 11.9. The molecule has 188 valence electrons. The summed E-state index contributed by atoms with van der Waals surface area (Å²) >= 11 is 5.46. The molecule has 0 aliphatic carbocycles. The molecule has 2 aliphatic rings. The number of amidine groups is 2. The van der Waals surface area contributed by atoms with Gasteiger partial charge in [-0.2, -0.15) is 0 Å². The van der Waals surface area contributed by atoms with Crippen molar-refractivity contribution in [3.63, 3.8) is 0 Å². The third kappa shape index (κ3) is 6.33. The zero-order chi connectivity index (χ0) is 25.6. The topological polar surface area (TPSA) is 140 Å². The Bertz CT molecular complexity index is 1270. The molecule has 0 aromatic heterocycles. The molecule has 0 spiro atoms. The fourth-order valence-electron chi connectivity index (χ4n) is 3.99. The van der Waals surface area contributed by atoms with Gasteiger partial charge in [-0.1, -0.05) is 0 Å². The average molecular weight is 514 g/mol. The number of nitrogens with zero attached hydrogens (tertiary/aromatic N) is 2. The predicted octanol–water partition coefficient (Wildman–Crippen LogP) is 3.42. The molecule has 3 aromatic carbocycles. The van der Waals surface area contributed by atoms with Gasteiger partial charge in [-0.3, -0.25) is 9.98 Å². The number of urea groups is 1. The number of nitrogen functional groups attached to an aromatic ring is 1. The van der Waals surface area contributed by atoms with Crippen molar-refractivity contribution in [2.75, 3.05) is 53.2 Å². The third-order valence-corrected chi connectivity index (χ3v) is 5.86. The molecule has 2 heterocycles. The highest BCUT2D eigenvalue weighted by Gasteiger charge is 2.10. The quantitative estimate of drug-likeness (QED) is 0.198. The molecule has 2 amide bonds. The fraction of sp³-hybridized carbons (Fsp3) is 0.154. The Morgan fingerprint density at radius 1 is 0.703 bits per heavy atom. The first-order chi connectivity index (χ1) is 18.0. The van der Waals surface area contributed by atoms with Crippen molar-refractivity contribution in [2.24, 2.45) is 9.98 Å². The number of carbonyl (C=O) groups excluding carboxylic acids is 1. The van der Waals surface area contributed by atoms with Gasteiger partial charge >= 0.3 is 6.03 Å². The van der Waals surface area contributed by atoms with Crippen LogP contribution in [0.4, 0.5) is 33.2 Å². The largest absolute Gasteiger partial charge is 0.399 e. The molecule has 0 atom stereocenters. The number of nitrogens with one attached hydrogen (secondary N) is 6. The molecular weight excluding hydrogens is 486 g/mol. The lowest BCUT2D eigenvalue weighted by Crippen LogP contribution is -2.22. The first-order valence-corrected chi connectivity index (χ1v) is 12.3. The number of benzene rings is 3. The summed E-state index contributed by atoms with van der Waals surface area (Å²) in [6.07, 6.45) is 0. The summed E-state index contributed by atoms with van der Waals surface area (Å²) in [6, 6.07) is 20.1. The van der Waals surface area contributed by atoms with Gasteiger partial charge in [0.15, 0.2) is 5.11 Å². The molecule has 37 heavy (non-hydrogen) atoms. The second-order valence-electron chi connectivity index (χ2n) is 8.47. The van der Waals surface area contributed by atoms with Crippen LogP contribution in [-0.2, 0) is 0 Å². The van der Waals surface area contributed by atoms with Crippen LogP contribution in [0.25, 0.3) is 0 Å². The van der Waals surface area contributed by atoms with E-state index in [1.165, 1.54) is 0 Å². The molecule has 11 heteroatoms. The Kier molecular flexibility index (Phi) is 7.13. The maximum atomic E-state index is 12.6. The van der Waals surface area contributed by atoms with Gasteiger partial charge < -0.3 is 37.6 Å². The molecule has 3 aromatic rings. The van der Waals surface area contributed by atoms with Crippen LogP contribution in [0.15, 0.2) is 76.7 Å². The molecule has 10 nitrogen and oxygen atoms in total. The van der Waals surface area contributed by atoms with E-state index in [4.69, 9.17) is 18.0 Å². The minimum atomic E-state index is -0.386. The van der Waals surface area contributed by atoms with Crippen LogP contribution in [0, 0.1) is 0 Å². The number of aliphatic imine (C=N–C) groups is 2. The van der Waals surface area contributed by atoms with Crippen LogP contribution < -0.4 is 37.6 Å². The van der Waals surface area contributed by atoms with Gasteiger partial charge in [0.05, 0.1) is 13.1 Å². The third-order valence-electron chi connectivity index (χ3n) is 5.65. The Morgan fingerprint density at radius 3 is 1.68 bits per heavy atom. The van der Waals surface area contributed by atoms with Crippen LogP contribution in [0.1, 0.15) is 11.1 Å². The highest BCUT2D eigenvalue weighted by atomic mass is 32.1. The maximum absolute atomic E-state index is 12.6. The van der Waals surface area contributed by atoms with Crippen molar-refractivity contribution in [3.8, 4) is 0 Å². The number of nitrogens with two attached hydrogens (primary N) is 1. The average Bonchev–Trinajstić information content (AvgIpc) is 3.59. The van der Waals surface area contributed by atoms with Crippen LogP contribution >= 0.6 is 12.2 Å². The van der Waals surface area contributed by atoms with Crippen LogP contribution in [-0.4, -0.2) is 49.0 Å². The van der Waals surface area contributed by atoms with E-state index in [9.17, 15) is 4.79 Å². The van der Waals surface area contributed by atoms with Crippen LogP contribution in [0.3, 0.4) is 0 Å². The highest BCUT2D eigenvalue weighted by molar-refractivity contribution is 7.80. The maximum Gasteiger partial charge on any atom is 0.323 e.